The van der Waals surface area contributed by atoms with E-state index in [0.717, 1.165) is 48.8 Å². The topological polar surface area (TPSA) is 70.1 Å². The molecule has 0 atom stereocenters. The van der Waals surface area contributed by atoms with Crippen LogP contribution in [0.25, 0.3) is 0 Å². The second-order valence-electron chi connectivity index (χ2n) is 5.13. The summed E-state index contributed by atoms with van der Waals surface area (Å²) in [6, 6.07) is 0. The Morgan fingerprint density at radius 1 is 1.00 bits per heavy atom. The smallest absolute Gasteiger partial charge is 0.134 e. The zero-order chi connectivity index (χ0) is 15.2. The molecule has 5 heteroatoms. The van der Waals surface area contributed by atoms with Crippen LogP contribution in [-0.4, -0.2) is 33.8 Å². The Balaban J connectivity index is 2.96. The summed E-state index contributed by atoms with van der Waals surface area (Å²) in [4.78, 5) is 9.03. The molecule has 0 amide bonds. The summed E-state index contributed by atoms with van der Waals surface area (Å²) in [7, 11) is 0. The number of nitrogens with one attached hydrogen (secondary N) is 2. The normalized spacial score (nSPS) is 11.5. The van der Waals surface area contributed by atoms with E-state index in [4.69, 9.17) is 0 Å². The van der Waals surface area contributed by atoms with Crippen LogP contribution in [0.15, 0.2) is 0 Å². The molecule has 1 aromatic heterocycles. The van der Waals surface area contributed by atoms with E-state index in [0.29, 0.717) is 6.54 Å². The molecule has 3 N–H and O–H groups in total. The first-order valence-corrected chi connectivity index (χ1v) is 7.57. The maximum atomic E-state index is 10.4. The molecule has 0 spiro atoms. The minimum atomic E-state index is -0.678. The van der Waals surface area contributed by atoms with Crippen molar-refractivity contribution in [2.45, 2.75) is 59.5 Å². The number of aromatic nitrogens is 2. The van der Waals surface area contributed by atoms with E-state index < -0.39 is 5.60 Å². The van der Waals surface area contributed by atoms with Crippen LogP contribution >= 0.6 is 0 Å². The maximum Gasteiger partial charge on any atom is 0.134 e. The Bertz CT molecular complexity index is 430. The van der Waals surface area contributed by atoms with Gasteiger partial charge in [-0.25, -0.2) is 9.97 Å². The van der Waals surface area contributed by atoms with Crippen molar-refractivity contribution in [2.24, 2.45) is 0 Å². The van der Waals surface area contributed by atoms with Crippen molar-refractivity contribution in [3.8, 4) is 0 Å². The van der Waals surface area contributed by atoms with Gasteiger partial charge in [0.2, 0.25) is 0 Å². The van der Waals surface area contributed by atoms with E-state index in [1.54, 1.807) is 0 Å². The van der Waals surface area contributed by atoms with E-state index in [2.05, 4.69) is 20.6 Å². The Kier molecular flexibility index (Phi) is 6.20. The molecule has 20 heavy (non-hydrogen) atoms. The van der Waals surface area contributed by atoms with Crippen LogP contribution in [0.5, 0.6) is 0 Å². The third-order valence-electron chi connectivity index (χ3n) is 3.75. The molecule has 1 rings (SSSR count). The molecule has 0 bridgehead atoms. The van der Waals surface area contributed by atoms with Crippen LogP contribution in [0.4, 0.5) is 11.6 Å². The molecule has 0 aromatic carbocycles. The zero-order valence-corrected chi connectivity index (χ0v) is 13.4. The van der Waals surface area contributed by atoms with Crippen molar-refractivity contribution in [3.63, 3.8) is 0 Å². The van der Waals surface area contributed by atoms with Gasteiger partial charge >= 0.3 is 0 Å². The number of aryl methyl sites for hydroxylation is 1. The van der Waals surface area contributed by atoms with Gasteiger partial charge in [0.1, 0.15) is 17.5 Å². The van der Waals surface area contributed by atoms with Crippen molar-refractivity contribution < 1.29 is 5.11 Å². The lowest BCUT2D eigenvalue weighted by Gasteiger charge is -2.26. The third-order valence-corrected chi connectivity index (χ3v) is 3.75. The van der Waals surface area contributed by atoms with Gasteiger partial charge < -0.3 is 15.7 Å². The van der Waals surface area contributed by atoms with E-state index >= 15 is 0 Å². The minimum Gasteiger partial charge on any atom is -0.388 e. The van der Waals surface area contributed by atoms with E-state index in [1.807, 2.05) is 34.6 Å². The van der Waals surface area contributed by atoms with Gasteiger partial charge in [0.05, 0.1) is 5.60 Å². The summed E-state index contributed by atoms with van der Waals surface area (Å²) in [5.41, 5.74) is 0.320. The summed E-state index contributed by atoms with van der Waals surface area (Å²) in [5, 5.41) is 16.9. The van der Waals surface area contributed by atoms with Gasteiger partial charge in [-0.1, -0.05) is 20.8 Å². The van der Waals surface area contributed by atoms with Gasteiger partial charge in [0, 0.05) is 25.1 Å². The Morgan fingerprint density at radius 3 is 2.00 bits per heavy atom. The number of rotatable bonds is 8. The monoisotopic (exact) mass is 280 g/mol. The lowest BCUT2D eigenvalue weighted by Crippen LogP contribution is -2.35. The SMILES string of the molecule is CCNc1nc(CC)nc(NCC(O)(CC)CC)c1C. The summed E-state index contributed by atoms with van der Waals surface area (Å²) < 4.78 is 0. The molecule has 114 valence electrons. The van der Waals surface area contributed by atoms with Crippen molar-refractivity contribution in [3.05, 3.63) is 11.4 Å². The van der Waals surface area contributed by atoms with Crippen LogP contribution in [0.2, 0.25) is 0 Å². The predicted octanol–water partition coefficient (Wildman–Crippen LogP) is 2.74. The number of hydrogen-bond donors (Lipinski definition) is 3. The van der Waals surface area contributed by atoms with E-state index in [9.17, 15) is 5.11 Å². The molecular weight excluding hydrogens is 252 g/mol. The van der Waals surface area contributed by atoms with Crippen molar-refractivity contribution in [2.75, 3.05) is 23.7 Å². The van der Waals surface area contributed by atoms with Gasteiger partial charge in [0.15, 0.2) is 0 Å². The molecule has 0 aliphatic carbocycles. The first-order valence-electron chi connectivity index (χ1n) is 7.57. The highest BCUT2D eigenvalue weighted by atomic mass is 16.3. The molecule has 0 aliphatic rings. The van der Waals surface area contributed by atoms with E-state index in [1.165, 1.54) is 0 Å². The van der Waals surface area contributed by atoms with Crippen molar-refractivity contribution in [1.82, 2.24) is 9.97 Å². The molecule has 1 heterocycles. The summed E-state index contributed by atoms with van der Waals surface area (Å²) in [6.07, 6.45) is 2.24. The van der Waals surface area contributed by atoms with Gasteiger partial charge in [0.25, 0.3) is 0 Å². The average Bonchev–Trinajstić information content (AvgIpc) is 2.47. The van der Waals surface area contributed by atoms with Crippen LogP contribution in [0.3, 0.4) is 0 Å². The molecule has 5 nitrogen and oxygen atoms in total. The van der Waals surface area contributed by atoms with Crippen molar-refractivity contribution in [1.29, 1.82) is 0 Å². The molecule has 1 aromatic rings. The fourth-order valence-electron chi connectivity index (χ4n) is 1.98. The molecule has 0 saturated carbocycles. The predicted molar refractivity (Wildman–Crippen MR) is 84.3 cm³/mol. The van der Waals surface area contributed by atoms with Gasteiger partial charge in [-0.15, -0.1) is 0 Å². The van der Waals surface area contributed by atoms with Gasteiger partial charge in [-0.3, -0.25) is 0 Å². The maximum absolute atomic E-state index is 10.4. The second-order valence-corrected chi connectivity index (χ2v) is 5.13. The van der Waals surface area contributed by atoms with E-state index in [-0.39, 0.29) is 0 Å². The fraction of sp³-hybridized carbons (Fsp3) is 0.733. The largest absolute Gasteiger partial charge is 0.388 e. The quantitative estimate of drug-likeness (QED) is 0.683. The highest BCUT2D eigenvalue weighted by molar-refractivity contribution is 5.57. The molecule has 0 radical (unpaired) electrons. The number of anilines is 2. The Labute approximate surface area is 122 Å². The standard InChI is InChI=1S/C15H28N4O/c1-6-12-18-13(16-9-4)11(5)14(19-12)17-10-15(20,7-2)8-3/h20H,6-10H2,1-5H3,(H2,16,17,18,19). The fourth-order valence-corrected chi connectivity index (χ4v) is 1.98. The van der Waals surface area contributed by atoms with Crippen molar-refractivity contribution >= 4 is 11.6 Å². The minimum absolute atomic E-state index is 0.507. The molecular formula is C15H28N4O. The highest BCUT2D eigenvalue weighted by Crippen LogP contribution is 2.22. The first-order chi connectivity index (χ1) is 9.49. The van der Waals surface area contributed by atoms with Crippen LogP contribution in [0.1, 0.15) is 51.9 Å². The lowest BCUT2D eigenvalue weighted by molar-refractivity contribution is 0.0456. The van der Waals surface area contributed by atoms with Crippen LogP contribution < -0.4 is 10.6 Å². The summed E-state index contributed by atoms with van der Waals surface area (Å²) >= 11 is 0. The lowest BCUT2D eigenvalue weighted by atomic mass is 9.97. The summed E-state index contributed by atoms with van der Waals surface area (Å²) in [5.74, 6) is 2.50. The number of hydrogen-bond acceptors (Lipinski definition) is 5. The first kappa shape index (κ1) is 16.7. The Hall–Kier alpha value is -1.36. The molecule has 0 aliphatic heterocycles. The number of nitrogens with zero attached hydrogens (tertiary/aromatic N) is 2. The zero-order valence-electron chi connectivity index (χ0n) is 13.4. The number of aliphatic hydroxyl groups is 1. The van der Waals surface area contributed by atoms with Crippen LogP contribution in [0, 0.1) is 6.92 Å². The van der Waals surface area contributed by atoms with Crippen LogP contribution in [-0.2, 0) is 6.42 Å². The average molecular weight is 280 g/mol. The highest BCUT2D eigenvalue weighted by Gasteiger charge is 2.22. The third kappa shape index (κ3) is 4.07. The molecule has 0 saturated heterocycles. The Morgan fingerprint density at radius 2 is 1.55 bits per heavy atom. The summed E-state index contributed by atoms with van der Waals surface area (Å²) in [6.45, 7) is 11.4. The van der Waals surface area contributed by atoms with Gasteiger partial charge in [-0.2, -0.15) is 0 Å². The second kappa shape index (κ2) is 7.43. The molecule has 0 fully saturated rings. The van der Waals surface area contributed by atoms with Gasteiger partial charge in [-0.05, 0) is 26.7 Å². The molecule has 0 unspecified atom stereocenters.